The van der Waals surface area contributed by atoms with Gasteiger partial charge in [0.2, 0.25) is 0 Å². The number of carbonyl (C=O) groups excluding carboxylic acids is 1. The number of rotatable bonds is 5. The minimum atomic E-state index is -1.07. The van der Waals surface area contributed by atoms with Crippen LogP contribution in [-0.2, 0) is 4.79 Å². The van der Waals surface area contributed by atoms with Crippen molar-refractivity contribution in [1.82, 2.24) is 5.32 Å². The molecule has 20 heavy (non-hydrogen) atoms. The van der Waals surface area contributed by atoms with Crippen molar-refractivity contribution in [3.05, 3.63) is 22.7 Å². The van der Waals surface area contributed by atoms with Crippen LogP contribution >= 0.6 is 15.9 Å². The van der Waals surface area contributed by atoms with Crippen molar-refractivity contribution in [2.45, 2.75) is 19.9 Å². The van der Waals surface area contributed by atoms with Gasteiger partial charge in [-0.05, 0) is 34.0 Å². The van der Waals surface area contributed by atoms with E-state index >= 15 is 0 Å². The van der Waals surface area contributed by atoms with Crippen LogP contribution in [0.4, 0.5) is 10.5 Å². The van der Waals surface area contributed by atoms with Gasteiger partial charge in [0.25, 0.3) is 0 Å². The Hall–Kier alpha value is -1.76. The summed E-state index contributed by atoms with van der Waals surface area (Å²) < 4.78 is 5.73. The first-order valence-corrected chi connectivity index (χ1v) is 6.78. The number of nitrogens with one attached hydrogen (secondary N) is 2. The van der Waals surface area contributed by atoms with E-state index in [4.69, 9.17) is 9.84 Å². The molecular formula is C13H17BrN2O4. The molecule has 0 radical (unpaired) electrons. The first kappa shape index (κ1) is 16.3. The Kier molecular flexibility index (Phi) is 5.82. The zero-order chi connectivity index (χ0) is 15.3. The van der Waals surface area contributed by atoms with Gasteiger partial charge in [-0.25, -0.2) is 9.59 Å². The summed E-state index contributed by atoms with van der Waals surface area (Å²) in [4.78, 5) is 22.9. The van der Waals surface area contributed by atoms with E-state index in [1.165, 1.54) is 7.11 Å². The third-order valence-electron chi connectivity index (χ3n) is 2.64. The fourth-order valence-electron chi connectivity index (χ4n) is 1.54. The van der Waals surface area contributed by atoms with E-state index in [0.717, 1.165) is 0 Å². The van der Waals surface area contributed by atoms with Crippen LogP contribution in [0.1, 0.15) is 13.8 Å². The lowest BCUT2D eigenvalue weighted by molar-refractivity contribution is -0.140. The third kappa shape index (κ3) is 4.41. The average molecular weight is 345 g/mol. The maximum atomic E-state index is 11.8. The van der Waals surface area contributed by atoms with E-state index in [-0.39, 0.29) is 5.92 Å². The van der Waals surface area contributed by atoms with Gasteiger partial charge in [0.15, 0.2) is 0 Å². The van der Waals surface area contributed by atoms with Gasteiger partial charge in [0.1, 0.15) is 11.8 Å². The highest BCUT2D eigenvalue weighted by atomic mass is 79.9. The molecule has 7 heteroatoms. The number of halogens is 1. The molecule has 0 aliphatic carbocycles. The smallest absolute Gasteiger partial charge is 0.326 e. The maximum absolute atomic E-state index is 11.8. The number of urea groups is 1. The van der Waals surface area contributed by atoms with E-state index in [1.807, 2.05) is 0 Å². The summed E-state index contributed by atoms with van der Waals surface area (Å²) in [5.41, 5.74) is 0.495. The first-order chi connectivity index (χ1) is 9.35. The van der Waals surface area contributed by atoms with E-state index in [9.17, 15) is 9.59 Å². The molecule has 0 unspecified atom stereocenters. The van der Waals surface area contributed by atoms with Gasteiger partial charge < -0.3 is 20.5 Å². The Morgan fingerprint density at radius 3 is 2.50 bits per heavy atom. The maximum Gasteiger partial charge on any atom is 0.326 e. The summed E-state index contributed by atoms with van der Waals surface area (Å²) in [6.45, 7) is 3.45. The monoisotopic (exact) mass is 344 g/mol. The molecule has 6 nitrogen and oxygen atoms in total. The van der Waals surface area contributed by atoms with Crippen molar-refractivity contribution in [2.24, 2.45) is 5.92 Å². The van der Waals surface area contributed by atoms with Crippen molar-refractivity contribution in [2.75, 3.05) is 12.4 Å². The number of hydrogen-bond acceptors (Lipinski definition) is 3. The quantitative estimate of drug-likeness (QED) is 0.766. The standard InChI is InChI=1S/C13H17BrN2O4/c1-7(2)11(12(17)18)16-13(19)15-10-6-8(20-3)4-5-9(10)14/h4-7,11H,1-3H3,(H,17,18)(H2,15,16,19)/t11-/m1/s1. The number of anilines is 1. The number of aliphatic carboxylic acids is 1. The SMILES string of the molecule is COc1ccc(Br)c(NC(=O)N[C@@H](C(=O)O)C(C)C)c1. The zero-order valence-corrected chi connectivity index (χ0v) is 13.0. The van der Waals surface area contributed by atoms with Gasteiger partial charge >= 0.3 is 12.0 Å². The van der Waals surface area contributed by atoms with E-state index < -0.39 is 18.0 Å². The summed E-state index contributed by atoms with van der Waals surface area (Å²) in [6, 6.07) is 3.57. The molecule has 0 fully saturated rings. The second kappa shape index (κ2) is 7.14. The van der Waals surface area contributed by atoms with Crippen LogP contribution < -0.4 is 15.4 Å². The molecule has 110 valence electrons. The zero-order valence-electron chi connectivity index (χ0n) is 11.4. The summed E-state index contributed by atoms with van der Waals surface area (Å²) >= 11 is 3.30. The van der Waals surface area contributed by atoms with Crippen molar-refractivity contribution in [3.8, 4) is 5.75 Å². The van der Waals surface area contributed by atoms with Gasteiger partial charge in [-0.2, -0.15) is 0 Å². The predicted molar refractivity (Wildman–Crippen MR) is 79.1 cm³/mol. The minimum Gasteiger partial charge on any atom is -0.497 e. The average Bonchev–Trinajstić information content (AvgIpc) is 2.37. The van der Waals surface area contributed by atoms with E-state index in [0.29, 0.717) is 15.9 Å². The van der Waals surface area contributed by atoms with Crippen LogP contribution in [0.25, 0.3) is 0 Å². The van der Waals surface area contributed by atoms with Gasteiger partial charge in [-0.3, -0.25) is 0 Å². The molecule has 1 rings (SSSR count). The summed E-state index contributed by atoms with van der Waals surface area (Å²) in [5, 5.41) is 14.0. The summed E-state index contributed by atoms with van der Waals surface area (Å²) in [7, 11) is 1.52. The lowest BCUT2D eigenvalue weighted by atomic mass is 10.1. The van der Waals surface area contributed by atoms with Crippen molar-refractivity contribution < 1.29 is 19.4 Å². The molecule has 1 atom stereocenters. The fourth-order valence-corrected chi connectivity index (χ4v) is 1.89. The molecular weight excluding hydrogens is 328 g/mol. The Morgan fingerprint density at radius 1 is 1.35 bits per heavy atom. The van der Waals surface area contributed by atoms with Crippen LogP contribution in [0.5, 0.6) is 5.75 Å². The fraction of sp³-hybridized carbons (Fsp3) is 0.385. The molecule has 0 bridgehead atoms. The number of benzene rings is 1. The molecule has 0 spiro atoms. The normalized spacial score (nSPS) is 11.8. The second-order valence-electron chi connectivity index (χ2n) is 4.50. The Balaban J connectivity index is 2.78. The minimum absolute atomic E-state index is 0.216. The molecule has 0 saturated carbocycles. The number of carboxylic acids is 1. The molecule has 0 aliphatic rings. The number of methoxy groups -OCH3 is 1. The number of carbonyl (C=O) groups is 2. The number of hydrogen-bond donors (Lipinski definition) is 3. The van der Waals surface area contributed by atoms with E-state index in [2.05, 4.69) is 26.6 Å². The van der Waals surface area contributed by atoms with Crippen LogP contribution in [-0.4, -0.2) is 30.3 Å². The lowest BCUT2D eigenvalue weighted by Crippen LogP contribution is -2.46. The van der Waals surface area contributed by atoms with Gasteiger partial charge in [0, 0.05) is 10.5 Å². The van der Waals surface area contributed by atoms with Gasteiger partial charge in [-0.15, -0.1) is 0 Å². The van der Waals surface area contributed by atoms with E-state index in [1.54, 1.807) is 32.0 Å². The summed E-state index contributed by atoms with van der Waals surface area (Å²) in [5.74, 6) is -0.700. The molecule has 2 amide bonds. The Bertz CT molecular complexity index is 505. The van der Waals surface area contributed by atoms with Crippen molar-refractivity contribution in [3.63, 3.8) is 0 Å². The number of carboxylic acid groups (broad SMARTS) is 1. The number of amides is 2. The highest BCUT2D eigenvalue weighted by Gasteiger charge is 2.23. The van der Waals surface area contributed by atoms with Gasteiger partial charge in [-0.1, -0.05) is 13.8 Å². The molecule has 0 heterocycles. The van der Waals surface area contributed by atoms with Crippen LogP contribution in [0, 0.1) is 5.92 Å². The Morgan fingerprint density at radius 2 is 2.00 bits per heavy atom. The summed E-state index contributed by atoms with van der Waals surface area (Å²) in [6.07, 6.45) is 0. The highest BCUT2D eigenvalue weighted by Crippen LogP contribution is 2.27. The highest BCUT2D eigenvalue weighted by molar-refractivity contribution is 9.10. The topological polar surface area (TPSA) is 87.7 Å². The van der Waals surface area contributed by atoms with Gasteiger partial charge in [0.05, 0.1) is 12.8 Å². The Labute approximate surface area is 125 Å². The third-order valence-corrected chi connectivity index (χ3v) is 3.33. The first-order valence-electron chi connectivity index (χ1n) is 5.99. The van der Waals surface area contributed by atoms with Crippen LogP contribution in [0.3, 0.4) is 0 Å². The molecule has 0 saturated heterocycles. The van der Waals surface area contributed by atoms with Crippen molar-refractivity contribution in [1.29, 1.82) is 0 Å². The lowest BCUT2D eigenvalue weighted by Gasteiger charge is -2.18. The predicted octanol–water partition coefficient (Wildman–Crippen LogP) is 2.69. The molecule has 3 N–H and O–H groups in total. The molecule has 1 aromatic rings. The molecule has 0 aromatic heterocycles. The van der Waals surface area contributed by atoms with Crippen molar-refractivity contribution >= 4 is 33.6 Å². The largest absolute Gasteiger partial charge is 0.497 e. The van der Waals surface area contributed by atoms with Crippen LogP contribution in [0.15, 0.2) is 22.7 Å². The molecule has 0 aliphatic heterocycles. The second-order valence-corrected chi connectivity index (χ2v) is 5.36. The molecule has 1 aromatic carbocycles. The number of ether oxygens (including phenoxy) is 1. The van der Waals surface area contributed by atoms with Crippen LogP contribution in [0.2, 0.25) is 0 Å².